The standard InChI is InChI=1S/C8H13IO2/c1-8(4-2-6-9)5-3-7(10)11-8/h2-6H2,1H3. The molecule has 0 amide bonds. The zero-order valence-electron chi connectivity index (χ0n) is 6.73. The largest absolute Gasteiger partial charge is 0.459 e. The SMILES string of the molecule is CC1(CCCI)CCC(=O)O1. The van der Waals surface area contributed by atoms with Gasteiger partial charge in [-0.3, -0.25) is 4.79 Å². The van der Waals surface area contributed by atoms with Crippen LogP contribution in [-0.4, -0.2) is 16.0 Å². The Morgan fingerprint density at radius 3 is 2.91 bits per heavy atom. The lowest BCUT2D eigenvalue weighted by Gasteiger charge is -2.21. The third kappa shape index (κ3) is 2.61. The first-order valence-electron chi connectivity index (χ1n) is 3.94. The van der Waals surface area contributed by atoms with Gasteiger partial charge in [0.2, 0.25) is 0 Å². The molecule has 2 nitrogen and oxygen atoms in total. The molecule has 1 saturated heterocycles. The lowest BCUT2D eigenvalue weighted by atomic mass is 9.97. The minimum absolute atomic E-state index is 0.0269. The first-order chi connectivity index (χ1) is 5.16. The summed E-state index contributed by atoms with van der Waals surface area (Å²) in [5.74, 6) is -0.0269. The molecule has 1 aliphatic rings. The van der Waals surface area contributed by atoms with Crippen LogP contribution in [0.4, 0.5) is 0 Å². The van der Waals surface area contributed by atoms with Gasteiger partial charge in [-0.15, -0.1) is 0 Å². The topological polar surface area (TPSA) is 26.3 Å². The number of halogens is 1. The Morgan fingerprint density at radius 2 is 2.45 bits per heavy atom. The number of esters is 1. The van der Waals surface area contributed by atoms with Gasteiger partial charge in [0.05, 0.1) is 0 Å². The molecule has 0 N–H and O–H groups in total. The molecule has 0 radical (unpaired) electrons. The summed E-state index contributed by atoms with van der Waals surface area (Å²) in [6.45, 7) is 2.03. The average Bonchev–Trinajstić information content (AvgIpc) is 2.28. The second-order valence-corrected chi connectivity index (χ2v) is 4.30. The number of alkyl halides is 1. The number of hydrogen-bond acceptors (Lipinski definition) is 2. The van der Waals surface area contributed by atoms with Gasteiger partial charge in [0.25, 0.3) is 0 Å². The molecule has 0 aromatic carbocycles. The summed E-state index contributed by atoms with van der Waals surface area (Å²) < 4.78 is 6.35. The van der Waals surface area contributed by atoms with Gasteiger partial charge in [-0.1, -0.05) is 22.6 Å². The van der Waals surface area contributed by atoms with E-state index in [9.17, 15) is 4.79 Å². The fourth-order valence-electron chi connectivity index (χ4n) is 1.36. The van der Waals surface area contributed by atoms with E-state index in [4.69, 9.17) is 4.74 Å². The van der Waals surface area contributed by atoms with Crippen LogP contribution in [0.5, 0.6) is 0 Å². The van der Waals surface area contributed by atoms with Crippen LogP contribution >= 0.6 is 22.6 Å². The van der Waals surface area contributed by atoms with Gasteiger partial charge in [0, 0.05) is 6.42 Å². The lowest BCUT2D eigenvalue weighted by molar-refractivity contribution is -0.147. The van der Waals surface area contributed by atoms with Crippen LogP contribution in [0.1, 0.15) is 32.6 Å². The highest BCUT2D eigenvalue weighted by molar-refractivity contribution is 14.1. The number of rotatable bonds is 3. The van der Waals surface area contributed by atoms with Crippen molar-refractivity contribution in [2.75, 3.05) is 4.43 Å². The maximum atomic E-state index is 10.8. The quantitative estimate of drug-likeness (QED) is 0.446. The van der Waals surface area contributed by atoms with Crippen molar-refractivity contribution >= 4 is 28.6 Å². The molecule has 0 spiro atoms. The number of carbonyl (C=O) groups excluding carboxylic acids is 1. The summed E-state index contributed by atoms with van der Waals surface area (Å²) in [6.07, 6.45) is 3.67. The van der Waals surface area contributed by atoms with Gasteiger partial charge in [0.1, 0.15) is 5.60 Å². The molecule has 1 fully saturated rings. The highest BCUT2D eigenvalue weighted by Gasteiger charge is 2.34. The van der Waals surface area contributed by atoms with Crippen molar-refractivity contribution in [2.24, 2.45) is 0 Å². The van der Waals surface area contributed by atoms with Crippen molar-refractivity contribution in [1.29, 1.82) is 0 Å². The van der Waals surface area contributed by atoms with Crippen molar-refractivity contribution in [2.45, 2.75) is 38.2 Å². The normalized spacial score (nSPS) is 30.5. The third-order valence-corrected chi connectivity index (χ3v) is 2.82. The molecule has 3 heteroatoms. The Kier molecular flexibility index (Phi) is 3.16. The fourth-order valence-corrected chi connectivity index (χ4v) is 1.74. The summed E-state index contributed by atoms with van der Waals surface area (Å²) in [6, 6.07) is 0. The maximum Gasteiger partial charge on any atom is 0.306 e. The van der Waals surface area contributed by atoms with Crippen LogP contribution in [0, 0.1) is 0 Å². The molecule has 64 valence electrons. The van der Waals surface area contributed by atoms with Crippen LogP contribution in [0.3, 0.4) is 0 Å². The zero-order valence-corrected chi connectivity index (χ0v) is 8.89. The Labute approximate surface area is 80.8 Å². The van der Waals surface area contributed by atoms with Crippen molar-refractivity contribution < 1.29 is 9.53 Å². The maximum absolute atomic E-state index is 10.8. The Bertz CT molecular complexity index is 158. The summed E-state index contributed by atoms with van der Waals surface area (Å²) in [7, 11) is 0. The Balaban J connectivity index is 2.35. The molecule has 1 atom stereocenters. The number of carbonyl (C=O) groups is 1. The van der Waals surface area contributed by atoms with Gasteiger partial charge < -0.3 is 4.74 Å². The first kappa shape index (κ1) is 9.29. The second-order valence-electron chi connectivity index (χ2n) is 3.22. The van der Waals surface area contributed by atoms with E-state index in [0.717, 1.165) is 23.7 Å². The molecule has 1 aliphatic heterocycles. The van der Waals surface area contributed by atoms with E-state index in [0.29, 0.717) is 6.42 Å². The van der Waals surface area contributed by atoms with Crippen molar-refractivity contribution in [1.82, 2.24) is 0 Å². The molecule has 0 bridgehead atoms. The monoisotopic (exact) mass is 268 g/mol. The lowest BCUT2D eigenvalue weighted by Crippen LogP contribution is -2.23. The van der Waals surface area contributed by atoms with Crippen molar-refractivity contribution in [3.63, 3.8) is 0 Å². The summed E-state index contributed by atoms with van der Waals surface area (Å²) in [5.41, 5.74) is -0.137. The van der Waals surface area contributed by atoms with Crippen LogP contribution in [0.15, 0.2) is 0 Å². The summed E-state index contributed by atoms with van der Waals surface area (Å²) in [5, 5.41) is 0. The molecular formula is C8H13IO2. The molecule has 1 unspecified atom stereocenters. The van der Waals surface area contributed by atoms with Crippen molar-refractivity contribution in [3.8, 4) is 0 Å². The van der Waals surface area contributed by atoms with Crippen LogP contribution in [0.25, 0.3) is 0 Å². The highest BCUT2D eigenvalue weighted by atomic mass is 127. The average molecular weight is 268 g/mol. The Hall–Kier alpha value is 0.200. The smallest absolute Gasteiger partial charge is 0.306 e. The van der Waals surface area contributed by atoms with E-state index in [1.807, 2.05) is 6.92 Å². The number of cyclic esters (lactones) is 1. The molecule has 0 saturated carbocycles. The number of hydrogen-bond donors (Lipinski definition) is 0. The molecule has 1 rings (SSSR count). The van der Waals surface area contributed by atoms with Crippen LogP contribution in [0.2, 0.25) is 0 Å². The summed E-state index contributed by atoms with van der Waals surface area (Å²) >= 11 is 2.35. The van der Waals surface area contributed by atoms with Crippen LogP contribution in [-0.2, 0) is 9.53 Å². The first-order valence-corrected chi connectivity index (χ1v) is 5.47. The molecule has 11 heavy (non-hydrogen) atoms. The minimum atomic E-state index is -0.137. The predicted octanol–water partition coefficient (Wildman–Crippen LogP) is 2.30. The van der Waals surface area contributed by atoms with Gasteiger partial charge in [-0.05, 0) is 30.6 Å². The Morgan fingerprint density at radius 1 is 1.73 bits per heavy atom. The van der Waals surface area contributed by atoms with E-state index >= 15 is 0 Å². The molecule has 0 aromatic heterocycles. The van der Waals surface area contributed by atoms with Crippen LogP contribution < -0.4 is 0 Å². The molecule has 0 aliphatic carbocycles. The molecule has 1 heterocycles. The highest BCUT2D eigenvalue weighted by Crippen LogP contribution is 2.30. The number of ether oxygens (including phenoxy) is 1. The van der Waals surface area contributed by atoms with E-state index < -0.39 is 0 Å². The predicted molar refractivity (Wildman–Crippen MR) is 51.9 cm³/mol. The van der Waals surface area contributed by atoms with E-state index in [1.54, 1.807) is 0 Å². The second kappa shape index (κ2) is 3.74. The van der Waals surface area contributed by atoms with E-state index in [1.165, 1.54) is 0 Å². The van der Waals surface area contributed by atoms with Gasteiger partial charge in [-0.2, -0.15) is 0 Å². The summed E-state index contributed by atoms with van der Waals surface area (Å²) in [4.78, 5) is 10.8. The van der Waals surface area contributed by atoms with Gasteiger partial charge >= 0.3 is 5.97 Å². The van der Waals surface area contributed by atoms with Crippen molar-refractivity contribution in [3.05, 3.63) is 0 Å². The van der Waals surface area contributed by atoms with Gasteiger partial charge in [0.15, 0.2) is 0 Å². The van der Waals surface area contributed by atoms with E-state index in [2.05, 4.69) is 22.6 Å². The van der Waals surface area contributed by atoms with Gasteiger partial charge in [-0.25, -0.2) is 0 Å². The fraction of sp³-hybridized carbons (Fsp3) is 0.875. The van der Waals surface area contributed by atoms with E-state index in [-0.39, 0.29) is 11.6 Å². The molecule has 0 aromatic rings. The zero-order chi connectivity index (χ0) is 8.32. The molecular weight excluding hydrogens is 255 g/mol. The minimum Gasteiger partial charge on any atom is -0.459 e. The third-order valence-electron chi connectivity index (χ3n) is 2.06.